The van der Waals surface area contributed by atoms with Gasteiger partial charge < -0.3 is 4.90 Å². The van der Waals surface area contributed by atoms with Crippen molar-refractivity contribution in [3.05, 3.63) is 236 Å². The summed E-state index contributed by atoms with van der Waals surface area (Å²) in [4.78, 5) is 2.43. The van der Waals surface area contributed by atoms with Gasteiger partial charge in [0.15, 0.2) is 0 Å². The molecule has 0 saturated carbocycles. The smallest absolute Gasteiger partial charge is 0.0540 e. The lowest BCUT2D eigenvalue weighted by atomic mass is 9.79. The second-order valence-electron chi connectivity index (χ2n) is 17.3. The van der Waals surface area contributed by atoms with Gasteiger partial charge in [-0.2, -0.15) is 0 Å². The van der Waals surface area contributed by atoms with Gasteiger partial charge in [0, 0.05) is 42.5 Å². The molecule has 0 N–H and O–H groups in total. The average Bonchev–Trinajstić information content (AvgIpc) is 3.83. The molecule has 2 heteroatoms. The van der Waals surface area contributed by atoms with Crippen molar-refractivity contribution in [1.82, 2.24) is 0 Å². The molecule has 1 aromatic heterocycles. The fourth-order valence-corrected chi connectivity index (χ4v) is 11.2. The van der Waals surface area contributed by atoms with Gasteiger partial charge in [0.05, 0.1) is 5.69 Å². The minimum Gasteiger partial charge on any atom is -0.310 e. The highest BCUT2D eigenvalue weighted by Crippen LogP contribution is 2.52. The van der Waals surface area contributed by atoms with Crippen molar-refractivity contribution >= 4 is 59.3 Å². The summed E-state index contributed by atoms with van der Waals surface area (Å²) in [5.41, 5.74) is 18.5. The van der Waals surface area contributed by atoms with Gasteiger partial charge in [-0.3, -0.25) is 0 Å². The molecule has 12 rings (SSSR count). The highest BCUT2D eigenvalue weighted by atomic mass is 32.1. The van der Waals surface area contributed by atoms with E-state index in [1.54, 1.807) is 0 Å². The Morgan fingerprint density at radius 1 is 0.349 bits per heavy atom. The molecule has 0 aliphatic heterocycles. The van der Waals surface area contributed by atoms with E-state index in [0.29, 0.717) is 0 Å². The zero-order valence-corrected chi connectivity index (χ0v) is 36.0. The molecule has 1 heterocycles. The molecule has 0 radical (unpaired) electrons. The van der Waals surface area contributed by atoms with Crippen molar-refractivity contribution in [2.75, 3.05) is 4.90 Å². The maximum atomic E-state index is 2.43. The monoisotopic (exact) mass is 821 g/mol. The summed E-state index contributed by atoms with van der Waals surface area (Å²) in [6.07, 6.45) is 0. The molecule has 0 atom stereocenters. The second kappa shape index (κ2) is 14.8. The van der Waals surface area contributed by atoms with Gasteiger partial charge in [-0.15, -0.1) is 11.3 Å². The van der Waals surface area contributed by atoms with Crippen LogP contribution in [-0.2, 0) is 5.41 Å². The van der Waals surface area contributed by atoms with E-state index >= 15 is 0 Å². The van der Waals surface area contributed by atoms with E-state index in [1.807, 2.05) is 11.3 Å². The zero-order chi connectivity index (χ0) is 42.1. The summed E-state index contributed by atoms with van der Waals surface area (Å²) in [6.45, 7) is 4.74. The molecule has 11 aromatic rings. The molecule has 1 aliphatic carbocycles. The average molecular weight is 822 g/mol. The van der Waals surface area contributed by atoms with Crippen molar-refractivity contribution < 1.29 is 0 Å². The van der Waals surface area contributed by atoms with Crippen molar-refractivity contribution in [3.63, 3.8) is 0 Å². The topological polar surface area (TPSA) is 3.24 Å². The summed E-state index contributed by atoms with van der Waals surface area (Å²) < 4.78 is 2.63. The van der Waals surface area contributed by atoms with Gasteiger partial charge in [0.25, 0.3) is 0 Å². The lowest BCUT2D eigenvalue weighted by molar-refractivity contribution is 0.662. The first kappa shape index (κ1) is 37.3. The minimum atomic E-state index is -0.0977. The van der Waals surface area contributed by atoms with Crippen LogP contribution in [0.5, 0.6) is 0 Å². The predicted molar refractivity (Wildman–Crippen MR) is 271 cm³/mol. The SMILES string of the molecule is CC1(C)c2ccccc2-c2cccc(-c3ccc(N(c4ccc(-c5ccc(-c6ccc7ccccc7c6)cc5)cc4)c4ccccc4-c4ccc5sc6ccccc6c5c4)cc3)c21. The first-order chi connectivity index (χ1) is 31.0. The highest BCUT2D eigenvalue weighted by molar-refractivity contribution is 7.25. The van der Waals surface area contributed by atoms with Crippen LogP contribution in [0.2, 0.25) is 0 Å². The third-order valence-corrected chi connectivity index (χ3v) is 14.4. The van der Waals surface area contributed by atoms with Crippen LogP contribution in [0.15, 0.2) is 224 Å². The molecular weight excluding hydrogens is 779 g/mol. The van der Waals surface area contributed by atoms with Crippen molar-refractivity contribution in [1.29, 1.82) is 0 Å². The summed E-state index contributed by atoms with van der Waals surface area (Å²) in [7, 11) is 0. The largest absolute Gasteiger partial charge is 0.310 e. The van der Waals surface area contributed by atoms with E-state index < -0.39 is 0 Å². The summed E-state index contributed by atoms with van der Waals surface area (Å²) in [6, 6.07) is 82.8. The van der Waals surface area contributed by atoms with E-state index in [9.17, 15) is 0 Å². The summed E-state index contributed by atoms with van der Waals surface area (Å²) in [5.74, 6) is 0. The highest BCUT2D eigenvalue weighted by Gasteiger charge is 2.37. The summed E-state index contributed by atoms with van der Waals surface area (Å²) >= 11 is 1.86. The van der Waals surface area contributed by atoms with Crippen LogP contribution >= 0.6 is 11.3 Å². The quantitative estimate of drug-likeness (QED) is 0.155. The first-order valence-electron chi connectivity index (χ1n) is 21.8. The van der Waals surface area contributed by atoms with Crippen LogP contribution in [0.25, 0.3) is 86.6 Å². The second-order valence-corrected chi connectivity index (χ2v) is 18.4. The predicted octanol–water partition coefficient (Wildman–Crippen LogP) is 17.7. The fraction of sp³-hybridized carbons (Fsp3) is 0.0492. The van der Waals surface area contributed by atoms with Crippen LogP contribution in [0, 0.1) is 0 Å². The maximum absolute atomic E-state index is 2.43. The van der Waals surface area contributed by atoms with Crippen LogP contribution in [-0.4, -0.2) is 0 Å². The Balaban J connectivity index is 0.945. The molecule has 298 valence electrons. The van der Waals surface area contributed by atoms with Crippen molar-refractivity contribution in [3.8, 4) is 55.6 Å². The van der Waals surface area contributed by atoms with Crippen LogP contribution < -0.4 is 4.90 Å². The van der Waals surface area contributed by atoms with E-state index in [4.69, 9.17) is 0 Å². The van der Waals surface area contributed by atoms with Gasteiger partial charge in [-0.05, 0) is 127 Å². The number of hydrogen-bond donors (Lipinski definition) is 0. The third-order valence-electron chi connectivity index (χ3n) is 13.3. The number of fused-ring (bicyclic) bond motifs is 7. The number of rotatable bonds is 7. The van der Waals surface area contributed by atoms with Crippen molar-refractivity contribution in [2.24, 2.45) is 0 Å². The van der Waals surface area contributed by atoms with E-state index in [1.165, 1.54) is 97.7 Å². The molecule has 10 aromatic carbocycles. The molecule has 0 spiro atoms. The Bertz CT molecular complexity index is 3520. The molecule has 0 saturated heterocycles. The van der Waals surface area contributed by atoms with Crippen LogP contribution in [0.3, 0.4) is 0 Å². The molecular formula is C61H43NS. The first-order valence-corrected chi connectivity index (χ1v) is 22.6. The summed E-state index contributed by atoms with van der Waals surface area (Å²) in [5, 5.41) is 5.13. The zero-order valence-electron chi connectivity index (χ0n) is 35.2. The van der Waals surface area contributed by atoms with E-state index in [-0.39, 0.29) is 5.41 Å². The van der Waals surface area contributed by atoms with Gasteiger partial charge in [0.2, 0.25) is 0 Å². The number of nitrogens with zero attached hydrogens (tertiary/aromatic N) is 1. The van der Waals surface area contributed by atoms with Gasteiger partial charge >= 0.3 is 0 Å². The Hall–Kier alpha value is -7.52. The number of para-hydroxylation sites is 1. The lowest BCUT2D eigenvalue weighted by Crippen LogP contribution is -2.16. The fourth-order valence-electron chi connectivity index (χ4n) is 10.1. The van der Waals surface area contributed by atoms with Gasteiger partial charge in [-0.1, -0.05) is 184 Å². The van der Waals surface area contributed by atoms with E-state index in [0.717, 1.165) is 17.1 Å². The van der Waals surface area contributed by atoms with E-state index in [2.05, 4.69) is 243 Å². The molecule has 0 amide bonds. The van der Waals surface area contributed by atoms with Crippen LogP contribution in [0.4, 0.5) is 17.1 Å². The normalized spacial score (nSPS) is 12.7. The maximum Gasteiger partial charge on any atom is 0.0540 e. The standard InChI is InChI=1S/C61H43NS/c1-61(2)56-19-8-5-15-52(56)54-18-11-17-51(60(54)61)44-30-35-49(36-31-44)62(57-20-9-6-14-50(57)47-32-37-59-55(39-47)53-16-7-10-21-58(53)63-59)48-33-28-42(29-34-48)41-22-24-43(25-23-41)46-27-26-40-12-3-4-13-45(40)38-46/h3-39H,1-2H3. The third kappa shape index (κ3) is 6.29. The number of benzene rings is 10. The lowest BCUT2D eigenvalue weighted by Gasteiger charge is -2.28. The Morgan fingerprint density at radius 3 is 1.67 bits per heavy atom. The van der Waals surface area contributed by atoms with Crippen LogP contribution in [0.1, 0.15) is 25.0 Å². The number of hydrogen-bond acceptors (Lipinski definition) is 2. The molecule has 63 heavy (non-hydrogen) atoms. The Morgan fingerprint density at radius 2 is 0.889 bits per heavy atom. The minimum absolute atomic E-state index is 0.0977. The molecule has 0 fully saturated rings. The molecule has 1 nitrogen and oxygen atoms in total. The molecule has 1 aliphatic rings. The number of anilines is 3. The molecule has 0 unspecified atom stereocenters. The Labute approximate surface area is 372 Å². The van der Waals surface area contributed by atoms with Gasteiger partial charge in [0.1, 0.15) is 0 Å². The van der Waals surface area contributed by atoms with Crippen molar-refractivity contribution in [2.45, 2.75) is 19.3 Å². The van der Waals surface area contributed by atoms with Gasteiger partial charge in [-0.25, -0.2) is 0 Å². The number of thiophene rings is 1. The molecule has 0 bridgehead atoms. The Kier molecular flexibility index (Phi) is 8.77.